The van der Waals surface area contributed by atoms with Gasteiger partial charge in [0.2, 0.25) is 4.96 Å². The van der Waals surface area contributed by atoms with Crippen molar-refractivity contribution in [1.29, 1.82) is 0 Å². The summed E-state index contributed by atoms with van der Waals surface area (Å²) in [5.74, 6) is 0.342. The van der Waals surface area contributed by atoms with E-state index in [0.29, 0.717) is 12.2 Å². The van der Waals surface area contributed by atoms with E-state index in [1.165, 1.54) is 23.5 Å². The predicted octanol–water partition coefficient (Wildman–Crippen LogP) is 3.35. The second-order valence-electron chi connectivity index (χ2n) is 4.76. The Bertz CT molecular complexity index is 938. The van der Waals surface area contributed by atoms with Gasteiger partial charge < -0.3 is 0 Å². The van der Waals surface area contributed by atoms with Gasteiger partial charge in [-0.15, -0.1) is 21.5 Å². The molecule has 3 heterocycles. The smallest absolute Gasteiger partial charge is 0.234 e. The standard InChI is InChI=1S/C14H10FN5S2/c1-8-16-11(7-21-8)6-12-19-20-13(17-18-14(20)22-12)9-2-4-10(15)5-3-9/h2-5,7H,6H2,1H3. The van der Waals surface area contributed by atoms with Crippen molar-refractivity contribution in [3.8, 4) is 11.4 Å². The fourth-order valence-corrected chi connectivity index (χ4v) is 3.61. The lowest BCUT2D eigenvalue weighted by molar-refractivity contribution is 0.628. The maximum absolute atomic E-state index is 13.0. The molecule has 0 spiro atoms. The number of aryl methyl sites for hydroxylation is 1. The third-order valence-corrected chi connectivity index (χ3v) is 4.86. The number of thiazole rings is 1. The van der Waals surface area contributed by atoms with Crippen molar-refractivity contribution in [3.63, 3.8) is 0 Å². The normalized spacial score (nSPS) is 11.4. The zero-order chi connectivity index (χ0) is 15.1. The molecule has 0 atom stereocenters. The second kappa shape index (κ2) is 5.22. The van der Waals surface area contributed by atoms with Crippen LogP contribution in [-0.2, 0) is 6.42 Å². The van der Waals surface area contributed by atoms with Gasteiger partial charge in [0.15, 0.2) is 5.82 Å². The Hall–Kier alpha value is -2.19. The van der Waals surface area contributed by atoms with E-state index in [4.69, 9.17) is 0 Å². The van der Waals surface area contributed by atoms with Gasteiger partial charge in [0, 0.05) is 17.4 Å². The van der Waals surface area contributed by atoms with Crippen molar-refractivity contribution < 1.29 is 4.39 Å². The number of halogens is 1. The Morgan fingerprint density at radius 2 is 2.00 bits per heavy atom. The van der Waals surface area contributed by atoms with Crippen LogP contribution in [0.1, 0.15) is 15.7 Å². The van der Waals surface area contributed by atoms with Gasteiger partial charge in [-0.05, 0) is 31.2 Å². The Kier molecular flexibility index (Phi) is 3.20. The Labute approximate surface area is 133 Å². The highest BCUT2D eigenvalue weighted by molar-refractivity contribution is 7.16. The van der Waals surface area contributed by atoms with Crippen LogP contribution in [0.3, 0.4) is 0 Å². The molecule has 110 valence electrons. The number of hydrogen-bond donors (Lipinski definition) is 0. The molecule has 0 unspecified atom stereocenters. The van der Waals surface area contributed by atoms with Gasteiger partial charge in [-0.3, -0.25) is 0 Å². The van der Waals surface area contributed by atoms with Crippen molar-refractivity contribution >= 4 is 27.6 Å². The van der Waals surface area contributed by atoms with Crippen LogP contribution in [0.5, 0.6) is 0 Å². The number of aromatic nitrogens is 5. The van der Waals surface area contributed by atoms with Gasteiger partial charge >= 0.3 is 0 Å². The lowest BCUT2D eigenvalue weighted by Gasteiger charge is -1.96. The number of benzene rings is 1. The SMILES string of the molecule is Cc1nc(Cc2nn3c(-c4ccc(F)cc4)nnc3s2)cs1. The second-order valence-corrected chi connectivity index (χ2v) is 6.86. The van der Waals surface area contributed by atoms with Crippen LogP contribution in [0, 0.1) is 12.7 Å². The quantitative estimate of drug-likeness (QED) is 0.578. The molecule has 0 aliphatic carbocycles. The molecule has 0 aliphatic heterocycles. The molecule has 0 saturated heterocycles. The van der Waals surface area contributed by atoms with E-state index in [-0.39, 0.29) is 5.82 Å². The highest BCUT2D eigenvalue weighted by Gasteiger charge is 2.14. The van der Waals surface area contributed by atoms with Crippen molar-refractivity contribution in [3.05, 3.63) is 51.2 Å². The lowest BCUT2D eigenvalue weighted by Crippen LogP contribution is -1.94. The molecule has 0 amide bonds. The van der Waals surface area contributed by atoms with E-state index in [9.17, 15) is 4.39 Å². The zero-order valence-electron chi connectivity index (χ0n) is 11.5. The van der Waals surface area contributed by atoms with Gasteiger partial charge in [-0.1, -0.05) is 11.3 Å². The molecule has 4 rings (SSSR count). The van der Waals surface area contributed by atoms with Crippen LogP contribution in [0.4, 0.5) is 4.39 Å². The molecule has 8 heteroatoms. The summed E-state index contributed by atoms with van der Waals surface area (Å²) in [5, 5.41) is 16.8. The molecule has 3 aromatic heterocycles. The molecule has 4 aromatic rings. The number of nitrogens with zero attached hydrogens (tertiary/aromatic N) is 5. The minimum absolute atomic E-state index is 0.276. The molecule has 22 heavy (non-hydrogen) atoms. The van der Waals surface area contributed by atoms with E-state index in [1.807, 2.05) is 12.3 Å². The average Bonchev–Trinajstić information content (AvgIpc) is 3.16. The van der Waals surface area contributed by atoms with Crippen LogP contribution in [-0.4, -0.2) is 24.8 Å². The van der Waals surface area contributed by atoms with Gasteiger partial charge in [-0.2, -0.15) is 9.61 Å². The summed E-state index contributed by atoms with van der Waals surface area (Å²) in [7, 11) is 0. The Morgan fingerprint density at radius 1 is 1.18 bits per heavy atom. The number of rotatable bonds is 3. The average molecular weight is 331 g/mol. The van der Waals surface area contributed by atoms with E-state index < -0.39 is 0 Å². The Balaban J connectivity index is 1.71. The third kappa shape index (κ3) is 2.40. The van der Waals surface area contributed by atoms with E-state index >= 15 is 0 Å². The van der Waals surface area contributed by atoms with Crippen molar-refractivity contribution in [1.82, 2.24) is 24.8 Å². The minimum atomic E-state index is -0.276. The fraction of sp³-hybridized carbons (Fsp3) is 0.143. The molecule has 0 bridgehead atoms. The van der Waals surface area contributed by atoms with Gasteiger partial charge in [0.05, 0.1) is 10.7 Å². The van der Waals surface area contributed by atoms with Crippen LogP contribution < -0.4 is 0 Å². The summed E-state index contributed by atoms with van der Waals surface area (Å²) in [5.41, 5.74) is 1.80. The summed E-state index contributed by atoms with van der Waals surface area (Å²) >= 11 is 3.12. The summed E-state index contributed by atoms with van der Waals surface area (Å²) in [6.07, 6.45) is 0.682. The highest BCUT2D eigenvalue weighted by Crippen LogP contribution is 2.23. The highest BCUT2D eigenvalue weighted by atomic mass is 32.1. The summed E-state index contributed by atoms with van der Waals surface area (Å²) in [6, 6.07) is 6.16. The van der Waals surface area contributed by atoms with E-state index in [2.05, 4.69) is 20.3 Å². The molecule has 0 radical (unpaired) electrons. The lowest BCUT2D eigenvalue weighted by atomic mass is 10.2. The largest absolute Gasteiger partial charge is 0.246 e. The zero-order valence-corrected chi connectivity index (χ0v) is 13.2. The number of fused-ring (bicyclic) bond motifs is 1. The first-order valence-electron chi connectivity index (χ1n) is 6.57. The first-order valence-corrected chi connectivity index (χ1v) is 8.27. The summed E-state index contributed by atoms with van der Waals surface area (Å²) in [6.45, 7) is 1.99. The first kappa shape index (κ1) is 13.5. The van der Waals surface area contributed by atoms with Crippen LogP contribution >= 0.6 is 22.7 Å². The molecule has 0 N–H and O–H groups in total. The summed E-state index contributed by atoms with van der Waals surface area (Å²) < 4.78 is 14.7. The maximum atomic E-state index is 13.0. The minimum Gasteiger partial charge on any atom is -0.246 e. The molecule has 0 aliphatic rings. The first-order chi connectivity index (χ1) is 10.7. The molecule has 0 saturated carbocycles. The molecule has 5 nitrogen and oxygen atoms in total. The molecule has 1 aromatic carbocycles. The molecular formula is C14H10FN5S2. The van der Waals surface area contributed by atoms with Gasteiger partial charge in [0.1, 0.15) is 10.8 Å². The topological polar surface area (TPSA) is 56.0 Å². The fourth-order valence-electron chi connectivity index (χ4n) is 2.15. The van der Waals surface area contributed by atoms with E-state index in [0.717, 1.165) is 26.2 Å². The van der Waals surface area contributed by atoms with Crippen LogP contribution in [0.25, 0.3) is 16.3 Å². The number of hydrogen-bond acceptors (Lipinski definition) is 6. The van der Waals surface area contributed by atoms with Gasteiger partial charge in [0.25, 0.3) is 0 Å². The summed E-state index contributed by atoms with van der Waals surface area (Å²) in [4.78, 5) is 5.17. The molecular weight excluding hydrogens is 321 g/mol. The Morgan fingerprint density at radius 3 is 2.73 bits per heavy atom. The van der Waals surface area contributed by atoms with Crippen molar-refractivity contribution in [2.75, 3.05) is 0 Å². The van der Waals surface area contributed by atoms with Crippen molar-refractivity contribution in [2.24, 2.45) is 0 Å². The third-order valence-electron chi connectivity index (χ3n) is 3.13. The van der Waals surface area contributed by atoms with E-state index in [1.54, 1.807) is 28.0 Å². The van der Waals surface area contributed by atoms with Crippen LogP contribution in [0.15, 0.2) is 29.6 Å². The molecule has 0 fully saturated rings. The van der Waals surface area contributed by atoms with Crippen molar-refractivity contribution in [2.45, 2.75) is 13.3 Å². The maximum Gasteiger partial charge on any atom is 0.234 e. The predicted molar refractivity (Wildman–Crippen MR) is 83.7 cm³/mol. The monoisotopic (exact) mass is 331 g/mol. The van der Waals surface area contributed by atoms with Gasteiger partial charge in [-0.25, -0.2) is 9.37 Å². The van der Waals surface area contributed by atoms with Crippen LogP contribution in [0.2, 0.25) is 0 Å².